The van der Waals surface area contributed by atoms with E-state index in [0.29, 0.717) is 12.0 Å². The molecule has 17 heavy (non-hydrogen) atoms. The Hall–Kier alpha value is 0.1000. The molecule has 0 saturated heterocycles. The second kappa shape index (κ2) is 5.83. The van der Waals surface area contributed by atoms with Crippen LogP contribution in [0.4, 0.5) is 4.39 Å². The van der Waals surface area contributed by atoms with E-state index in [2.05, 4.69) is 31.9 Å². The van der Waals surface area contributed by atoms with Crippen LogP contribution in [-0.2, 0) is 6.42 Å². The van der Waals surface area contributed by atoms with Crippen molar-refractivity contribution in [3.05, 3.63) is 54.8 Å². The minimum Gasteiger partial charge on any atom is -0.207 e. The van der Waals surface area contributed by atoms with Crippen LogP contribution in [0.1, 0.15) is 16.5 Å². The number of halogens is 4. The molecule has 90 valence electrons. The molecule has 0 spiro atoms. The number of hydrogen-bond acceptors (Lipinski definition) is 1. The first-order chi connectivity index (χ1) is 8.08. The van der Waals surface area contributed by atoms with Gasteiger partial charge in [-0.25, -0.2) is 4.39 Å². The van der Waals surface area contributed by atoms with Gasteiger partial charge in [0.05, 0.1) is 12.9 Å². The van der Waals surface area contributed by atoms with Gasteiger partial charge in [0.25, 0.3) is 0 Å². The monoisotopic (exact) mass is 396 g/mol. The first-order valence-corrected chi connectivity index (χ1v) is 7.74. The zero-order valence-corrected chi connectivity index (χ0v) is 13.3. The Morgan fingerprint density at radius 3 is 2.59 bits per heavy atom. The Labute approximate surface area is 125 Å². The molecule has 1 heterocycles. The van der Waals surface area contributed by atoms with Crippen LogP contribution in [0.5, 0.6) is 0 Å². The second-order valence-corrected chi connectivity index (χ2v) is 7.82. The lowest BCUT2D eigenvalue weighted by Crippen LogP contribution is -1.97. The molecule has 0 radical (unpaired) electrons. The van der Waals surface area contributed by atoms with Crippen molar-refractivity contribution in [2.75, 3.05) is 0 Å². The minimum atomic E-state index is -0.233. The number of benzene rings is 1. The summed E-state index contributed by atoms with van der Waals surface area (Å²) in [5.74, 6) is -0.205. The topological polar surface area (TPSA) is 0 Å². The molecule has 1 atom stereocenters. The van der Waals surface area contributed by atoms with Crippen LogP contribution in [0.15, 0.2) is 37.9 Å². The summed E-state index contributed by atoms with van der Waals surface area (Å²) in [6.45, 7) is 0. The van der Waals surface area contributed by atoms with E-state index in [0.717, 1.165) is 13.1 Å². The van der Waals surface area contributed by atoms with Gasteiger partial charge in [-0.1, -0.05) is 18.2 Å². The maximum atomic E-state index is 13.5. The van der Waals surface area contributed by atoms with Gasteiger partial charge in [0.1, 0.15) is 5.82 Å². The molecule has 0 amide bonds. The highest BCUT2D eigenvalue weighted by atomic mass is 79.9. The zero-order valence-electron chi connectivity index (χ0n) is 8.59. The fourth-order valence-electron chi connectivity index (χ4n) is 1.53. The van der Waals surface area contributed by atoms with Gasteiger partial charge in [-0.2, -0.15) is 0 Å². The zero-order chi connectivity index (χ0) is 12.4. The lowest BCUT2D eigenvalue weighted by Gasteiger charge is -2.09. The average molecular weight is 399 g/mol. The molecule has 2 rings (SSSR count). The van der Waals surface area contributed by atoms with Crippen LogP contribution >= 0.6 is 54.8 Å². The number of rotatable bonds is 3. The van der Waals surface area contributed by atoms with Gasteiger partial charge in [0.15, 0.2) is 0 Å². The third-order valence-electron chi connectivity index (χ3n) is 2.38. The standard InChI is InChI=1S/C12H8Br2ClFS/c13-11-6-8(12(14)17-11)9(15)5-7-3-1-2-4-10(7)16/h1-4,6,9H,5H2. The third-order valence-corrected chi connectivity index (χ3v) is 5.15. The van der Waals surface area contributed by atoms with Crippen molar-refractivity contribution in [3.8, 4) is 0 Å². The van der Waals surface area contributed by atoms with Gasteiger partial charge in [-0.15, -0.1) is 22.9 Å². The average Bonchev–Trinajstić information content (AvgIpc) is 2.61. The molecule has 0 saturated carbocycles. The van der Waals surface area contributed by atoms with E-state index >= 15 is 0 Å². The van der Waals surface area contributed by atoms with Gasteiger partial charge in [0.2, 0.25) is 0 Å². The van der Waals surface area contributed by atoms with E-state index in [1.165, 1.54) is 6.07 Å². The lowest BCUT2D eigenvalue weighted by atomic mass is 10.1. The molecule has 0 aliphatic rings. The van der Waals surface area contributed by atoms with Gasteiger partial charge in [0, 0.05) is 0 Å². The number of thiophene rings is 1. The highest BCUT2D eigenvalue weighted by Crippen LogP contribution is 2.39. The molecule has 1 aromatic heterocycles. The van der Waals surface area contributed by atoms with E-state index in [4.69, 9.17) is 11.6 Å². The fourth-order valence-corrected chi connectivity index (χ4v) is 5.04. The summed E-state index contributed by atoms with van der Waals surface area (Å²) in [5.41, 5.74) is 1.63. The Kier molecular flexibility index (Phi) is 4.64. The van der Waals surface area contributed by atoms with Crippen LogP contribution < -0.4 is 0 Å². The molecular formula is C12H8Br2ClFS. The van der Waals surface area contributed by atoms with Crippen molar-refractivity contribution in [1.29, 1.82) is 0 Å². The van der Waals surface area contributed by atoms with E-state index in [1.807, 2.05) is 12.1 Å². The van der Waals surface area contributed by atoms with Crippen LogP contribution in [0.25, 0.3) is 0 Å². The normalized spacial score (nSPS) is 12.7. The van der Waals surface area contributed by atoms with E-state index in [9.17, 15) is 4.39 Å². The molecule has 0 nitrogen and oxygen atoms in total. The van der Waals surface area contributed by atoms with Crippen molar-refractivity contribution in [2.45, 2.75) is 11.8 Å². The number of alkyl halides is 1. The fraction of sp³-hybridized carbons (Fsp3) is 0.167. The molecule has 0 aliphatic carbocycles. The van der Waals surface area contributed by atoms with Gasteiger partial charge in [-0.05, 0) is 61.5 Å². The molecule has 5 heteroatoms. The molecular weight excluding hydrogens is 390 g/mol. The van der Waals surface area contributed by atoms with Crippen LogP contribution in [0.2, 0.25) is 0 Å². The van der Waals surface area contributed by atoms with Crippen LogP contribution in [0, 0.1) is 5.82 Å². The SMILES string of the molecule is Fc1ccccc1CC(Cl)c1cc(Br)sc1Br. The Bertz CT molecular complexity index is 527. The lowest BCUT2D eigenvalue weighted by molar-refractivity contribution is 0.607. The first-order valence-electron chi connectivity index (χ1n) is 4.90. The summed E-state index contributed by atoms with van der Waals surface area (Å²) in [6.07, 6.45) is 0.482. The van der Waals surface area contributed by atoms with Crippen LogP contribution in [-0.4, -0.2) is 0 Å². The molecule has 0 N–H and O–H groups in total. The van der Waals surface area contributed by atoms with Crippen molar-refractivity contribution in [2.24, 2.45) is 0 Å². The predicted molar refractivity (Wildman–Crippen MR) is 78.4 cm³/mol. The minimum absolute atomic E-state index is 0.205. The van der Waals surface area contributed by atoms with Gasteiger partial charge < -0.3 is 0 Å². The van der Waals surface area contributed by atoms with Gasteiger partial charge >= 0.3 is 0 Å². The van der Waals surface area contributed by atoms with E-state index in [-0.39, 0.29) is 11.2 Å². The van der Waals surface area contributed by atoms with Crippen molar-refractivity contribution in [3.63, 3.8) is 0 Å². The summed E-state index contributed by atoms with van der Waals surface area (Å²) in [6, 6.07) is 8.69. The second-order valence-electron chi connectivity index (χ2n) is 3.54. The Balaban J connectivity index is 2.20. The van der Waals surface area contributed by atoms with Crippen molar-refractivity contribution in [1.82, 2.24) is 0 Å². The third kappa shape index (κ3) is 3.31. The largest absolute Gasteiger partial charge is 0.207 e. The highest BCUT2D eigenvalue weighted by Gasteiger charge is 2.16. The summed E-state index contributed by atoms with van der Waals surface area (Å²) < 4.78 is 15.5. The molecule has 0 fully saturated rings. The highest BCUT2D eigenvalue weighted by molar-refractivity contribution is 9.12. The maximum Gasteiger partial charge on any atom is 0.126 e. The van der Waals surface area contributed by atoms with E-state index in [1.54, 1.807) is 23.5 Å². The Morgan fingerprint density at radius 2 is 2.00 bits per heavy atom. The maximum absolute atomic E-state index is 13.5. The molecule has 2 aromatic rings. The van der Waals surface area contributed by atoms with Crippen LogP contribution in [0.3, 0.4) is 0 Å². The predicted octanol–water partition coefficient (Wildman–Crippen LogP) is 5.93. The van der Waals surface area contributed by atoms with Crippen molar-refractivity contribution >= 4 is 54.8 Å². The summed E-state index contributed by atoms with van der Waals surface area (Å²) in [5, 5.41) is -0.233. The quantitative estimate of drug-likeness (QED) is 0.562. The number of hydrogen-bond donors (Lipinski definition) is 0. The molecule has 1 aromatic carbocycles. The van der Waals surface area contributed by atoms with E-state index < -0.39 is 0 Å². The van der Waals surface area contributed by atoms with Gasteiger partial charge in [-0.3, -0.25) is 0 Å². The molecule has 1 unspecified atom stereocenters. The smallest absolute Gasteiger partial charge is 0.126 e. The summed E-state index contributed by atoms with van der Waals surface area (Å²) in [7, 11) is 0. The summed E-state index contributed by atoms with van der Waals surface area (Å²) >= 11 is 14.8. The van der Waals surface area contributed by atoms with Crippen molar-refractivity contribution < 1.29 is 4.39 Å². The molecule has 0 bridgehead atoms. The molecule has 0 aliphatic heterocycles. The first kappa shape index (κ1) is 13.5. The Morgan fingerprint density at radius 1 is 1.29 bits per heavy atom. The summed E-state index contributed by atoms with van der Waals surface area (Å²) in [4.78, 5) is 0.